The van der Waals surface area contributed by atoms with Crippen LogP contribution in [-0.2, 0) is 4.79 Å². The van der Waals surface area contributed by atoms with Gasteiger partial charge in [0.2, 0.25) is 0 Å². The molecule has 0 saturated carbocycles. The van der Waals surface area contributed by atoms with Crippen LogP contribution in [0.25, 0.3) is 0 Å². The Bertz CT molecular complexity index is 410. The molecule has 2 heterocycles. The van der Waals surface area contributed by atoms with E-state index >= 15 is 0 Å². The Morgan fingerprint density at radius 3 is 2.82 bits per heavy atom. The van der Waals surface area contributed by atoms with Gasteiger partial charge in [0, 0.05) is 12.6 Å². The van der Waals surface area contributed by atoms with Gasteiger partial charge in [-0.05, 0) is 31.9 Å². The fourth-order valence-electron chi connectivity index (χ4n) is 2.20. The van der Waals surface area contributed by atoms with Gasteiger partial charge in [-0.1, -0.05) is 11.6 Å². The Morgan fingerprint density at radius 2 is 2.29 bits per heavy atom. The smallest absolute Gasteiger partial charge is 0.306 e. The van der Waals surface area contributed by atoms with Crippen molar-refractivity contribution in [1.82, 2.24) is 10.2 Å². The number of hydrogen-bond acceptors (Lipinski definition) is 4. The molecule has 6 heteroatoms. The molecule has 2 atom stereocenters. The summed E-state index contributed by atoms with van der Waals surface area (Å²) in [5.74, 6) is -0.203. The first-order chi connectivity index (χ1) is 8.08. The molecule has 1 fully saturated rings. The van der Waals surface area contributed by atoms with Gasteiger partial charge in [-0.15, -0.1) is 10.2 Å². The minimum Gasteiger partial charge on any atom is -0.481 e. The zero-order chi connectivity index (χ0) is 12.4. The quantitative estimate of drug-likeness (QED) is 0.873. The van der Waals surface area contributed by atoms with Crippen molar-refractivity contribution in [2.45, 2.75) is 25.8 Å². The molecule has 2 rings (SSSR count). The number of anilines is 1. The molecule has 1 aromatic heterocycles. The van der Waals surface area contributed by atoms with Gasteiger partial charge < -0.3 is 10.0 Å². The SMILES string of the molecule is CC1CC(C(=O)O)CCN1c1ccc(Cl)nn1. The van der Waals surface area contributed by atoms with E-state index in [9.17, 15) is 4.79 Å². The highest BCUT2D eigenvalue weighted by atomic mass is 35.5. The Kier molecular flexibility index (Phi) is 3.47. The molecular formula is C11H14ClN3O2. The van der Waals surface area contributed by atoms with Crippen LogP contribution in [0.1, 0.15) is 19.8 Å². The number of aromatic nitrogens is 2. The molecule has 17 heavy (non-hydrogen) atoms. The van der Waals surface area contributed by atoms with E-state index in [2.05, 4.69) is 15.1 Å². The van der Waals surface area contributed by atoms with E-state index in [4.69, 9.17) is 16.7 Å². The highest BCUT2D eigenvalue weighted by molar-refractivity contribution is 6.29. The topological polar surface area (TPSA) is 66.3 Å². The summed E-state index contributed by atoms with van der Waals surface area (Å²) in [5.41, 5.74) is 0. The first-order valence-corrected chi connectivity index (χ1v) is 5.94. The Morgan fingerprint density at radius 1 is 1.53 bits per heavy atom. The average Bonchev–Trinajstić information content (AvgIpc) is 2.30. The fraction of sp³-hybridized carbons (Fsp3) is 0.545. The van der Waals surface area contributed by atoms with Crippen LogP contribution in [0.5, 0.6) is 0 Å². The van der Waals surface area contributed by atoms with E-state index in [-0.39, 0.29) is 12.0 Å². The fourth-order valence-corrected chi connectivity index (χ4v) is 2.30. The third-order valence-corrected chi connectivity index (χ3v) is 3.34. The van der Waals surface area contributed by atoms with Gasteiger partial charge >= 0.3 is 5.97 Å². The normalized spacial score (nSPS) is 24.7. The molecule has 2 unspecified atom stereocenters. The summed E-state index contributed by atoms with van der Waals surface area (Å²) >= 11 is 5.68. The van der Waals surface area contributed by atoms with E-state index < -0.39 is 5.97 Å². The molecule has 0 aliphatic carbocycles. The van der Waals surface area contributed by atoms with E-state index in [1.807, 2.05) is 13.0 Å². The first-order valence-electron chi connectivity index (χ1n) is 5.56. The van der Waals surface area contributed by atoms with Crippen molar-refractivity contribution >= 4 is 23.4 Å². The van der Waals surface area contributed by atoms with Crippen molar-refractivity contribution < 1.29 is 9.90 Å². The van der Waals surface area contributed by atoms with Crippen LogP contribution in [-0.4, -0.2) is 33.9 Å². The van der Waals surface area contributed by atoms with Crippen LogP contribution in [0.2, 0.25) is 5.15 Å². The van der Waals surface area contributed by atoms with Crippen LogP contribution in [0, 0.1) is 5.92 Å². The summed E-state index contributed by atoms with van der Waals surface area (Å²) in [4.78, 5) is 13.0. The molecule has 1 aliphatic heterocycles. The molecule has 1 aliphatic rings. The lowest BCUT2D eigenvalue weighted by molar-refractivity contribution is -0.142. The standard InChI is InChI=1S/C11H14ClN3O2/c1-7-6-8(11(16)17)4-5-15(7)10-3-2-9(12)13-14-10/h2-3,7-8H,4-6H2,1H3,(H,16,17). The monoisotopic (exact) mass is 255 g/mol. The molecule has 92 valence electrons. The van der Waals surface area contributed by atoms with Crippen LogP contribution in [0.15, 0.2) is 12.1 Å². The number of aliphatic carboxylic acids is 1. The van der Waals surface area contributed by atoms with E-state index in [1.54, 1.807) is 6.07 Å². The molecule has 1 aromatic rings. The zero-order valence-electron chi connectivity index (χ0n) is 9.51. The van der Waals surface area contributed by atoms with Crippen molar-refractivity contribution in [3.63, 3.8) is 0 Å². The Hall–Kier alpha value is -1.36. The number of carboxylic acid groups (broad SMARTS) is 1. The molecule has 0 aromatic carbocycles. The van der Waals surface area contributed by atoms with Gasteiger partial charge in [-0.25, -0.2) is 0 Å². The van der Waals surface area contributed by atoms with Gasteiger partial charge in [0.05, 0.1) is 5.92 Å². The molecule has 1 saturated heterocycles. The summed E-state index contributed by atoms with van der Waals surface area (Å²) in [7, 11) is 0. The van der Waals surface area contributed by atoms with Crippen molar-refractivity contribution in [3.05, 3.63) is 17.3 Å². The highest BCUT2D eigenvalue weighted by Gasteiger charge is 2.30. The number of hydrogen-bond donors (Lipinski definition) is 1. The third-order valence-electron chi connectivity index (χ3n) is 3.14. The van der Waals surface area contributed by atoms with Crippen LogP contribution in [0.3, 0.4) is 0 Å². The second kappa shape index (κ2) is 4.87. The first kappa shape index (κ1) is 12.1. The molecule has 0 radical (unpaired) electrons. The minimum absolute atomic E-state index is 0.153. The number of carboxylic acids is 1. The summed E-state index contributed by atoms with van der Waals surface area (Å²) in [5, 5.41) is 17.2. The number of halogens is 1. The number of carbonyl (C=O) groups is 1. The molecule has 0 spiro atoms. The van der Waals surface area contributed by atoms with Gasteiger partial charge in [-0.3, -0.25) is 4.79 Å². The third kappa shape index (κ3) is 2.66. The molecule has 1 N–H and O–H groups in total. The summed E-state index contributed by atoms with van der Waals surface area (Å²) < 4.78 is 0. The van der Waals surface area contributed by atoms with E-state index in [0.717, 1.165) is 5.82 Å². The van der Waals surface area contributed by atoms with Crippen molar-refractivity contribution in [2.75, 3.05) is 11.4 Å². The number of nitrogens with zero attached hydrogens (tertiary/aromatic N) is 3. The number of piperidine rings is 1. The average molecular weight is 256 g/mol. The van der Waals surface area contributed by atoms with Gasteiger partial charge in [0.1, 0.15) is 0 Å². The van der Waals surface area contributed by atoms with Crippen molar-refractivity contribution in [2.24, 2.45) is 5.92 Å². The Balaban J connectivity index is 2.09. The lowest BCUT2D eigenvalue weighted by atomic mass is 9.92. The van der Waals surface area contributed by atoms with Gasteiger partial charge in [-0.2, -0.15) is 0 Å². The van der Waals surface area contributed by atoms with Crippen LogP contribution in [0.4, 0.5) is 5.82 Å². The van der Waals surface area contributed by atoms with Crippen molar-refractivity contribution in [1.29, 1.82) is 0 Å². The zero-order valence-corrected chi connectivity index (χ0v) is 10.3. The second-order valence-corrected chi connectivity index (χ2v) is 4.70. The number of rotatable bonds is 2. The van der Waals surface area contributed by atoms with Crippen molar-refractivity contribution in [3.8, 4) is 0 Å². The minimum atomic E-state index is -0.710. The highest BCUT2D eigenvalue weighted by Crippen LogP contribution is 2.26. The lowest BCUT2D eigenvalue weighted by Gasteiger charge is -2.36. The molecule has 5 nitrogen and oxygen atoms in total. The van der Waals surface area contributed by atoms with E-state index in [1.165, 1.54) is 0 Å². The molecular weight excluding hydrogens is 242 g/mol. The van der Waals surface area contributed by atoms with Gasteiger partial charge in [0.15, 0.2) is 11.0 Å². The largest absolute Gasteiger partial charge is 0.481 e. The predicted octanol–water partition coefficient (Wildman–Crippen LogP) is 1.82. The second-order valence-electron chi connectivity index (χ2n) is 4.32. The van der Waals surface area contributed by atoms with Gasteiger partial charge in [0.25, 0.3) is 0 Å². The Labute approximate surface area is 104 Å². The van der Waals surface area contributed by atoms with Crippen LogP contribution < -0.4 is 4.90 Å². The summed E-state index contributed by atoms with van der Waals surface area (Å²) in [6.45, 7) is 2.69. The molecule has 0 bridgehead atoms. The molecule has 0 amide bonds. The summed E-state index contributed by atoms with van der Waals surface area (Å²) in [6.07, 6.45) is 1.28. The van der Waals surface area contributed by atoms with Crippen LogP contribution >= 0.6 is 11.6 Å². The maximum atomic E-state index is 10.9. The maximum Gasteiger partial charge on any atom is 0.306 e. The summed E-state index contributed by atoms with van der Waals surface area (Å²) in [6, 6.07) is 3.66. The van der Waals surface area contributed by atoms with E-state index in [0.29, 0.717) is 24.5 Å². The predicted molar refractivity (Wildman–Crippen MR) is 64.2 cm³/mol. The maximum absolute atomic E-state index is 10.9. The lowest BCUT2D eigenvalue weighted by Crippen LogP contribution is -2.43.